The minimum absolute atomic E-state index is 0.612. The highest BCUT2D eigenvalue weighted by atomic mass is 16.5. The molecule has 4 nitrogen and oxygen atoms in total. The normalized spacial score (nSPS) is 11.5. The van der Waals surface area contributed by atoms with Crippen molar-refractivity contribution in [1.29, 1.82) is 0 Å². The summed E-state index contributed by atoms with van der Waals surface area (Å²) in [6.45, 7) is 2.56. The first-order valence-corrected chi connectivity index (χ1v) is 5.62. The van der Waals surface area contributed by atoms with Crippen molar-refractivity contribution in [1.82, 2.24) is 14.8 Å². The molecule has 0 spiro atoms. The summed E-state index contributed by atoms with van der Waals surface area (Å²) in [5.74, 6) is 0.717. The summed E-state index contributed by atoms with van der Waals surface area (Å²) in [7, 11) is 0. The van der Waals surface area contributed by atoms with E-state index in [0.717, 1.165) is 6.42 Å². The lowest BCUT2D eigenvalue weighted by Gasteiger charge is -2.07. The first-order valence-electron chi connectivity index (χ1n) is 5.62. The van der Waals surface area contributed by atoms with Gasteiger partial charge in [0.25, 0.3) is 0 Å². The van der Waals surface area contributed by atoms with Crippen molar-refractivity contribution in [3.8, 4) is 0 Å². The highest BCUT2D eigenvalue weighted by Crippen LogP contribution is 2.07. The van der Waals surface area contributed by atoms with E-state index in [-0.39, 0.29) is 0 Å². The van der Waals surface area contributed by atoms with E-state index >= 15 is 0 Å². The van der Waals surface area contributed by atoms with Gasteiger partial charge < -0.3 is 4.74 Å². The third kappa shape index (κ3) is 3.17. The molecule has 0 amide bonds. The van der Waals surface area contributed by atoms with Gasteiger partial charge >= 0.3 is 0 Å². The fourth-order valence-electron chi connectivity index (χ4n) is 1.51. The predicted molar refractivity (Wildman–Crippen MR) is 66.1 cm³/mol. The molecule has 0 unspecified atom stereocenters. The molecule has 0 aliphatic carbocycles. The van der Waals surface area contributed by atoms with Crippen molar-refractivity contribution in [2.24, 2.45) is 0 Å². The van der Waals surface area contributed by atoms with E-state index in [0.29, 0.717) is 12.5 Å². The second-order valence-corrected chi connectivity index (χ2v) is 3.51. The zero-order chi connectivity index (χ0) is 11.9. The molecule has 4 heteroatoms. The molecule has 2 aromatic rings. The number of ether oxygens (including phenoxy) is 1. The number of benzene rings is 1. The molecule has 0 aliphatic heterocycles. The second kappa shape index (κ2) is 5.84. The Morgan fingerprint density at radius 1 is 1.35 bits per heavy atom. The summed E-state index contributed by atoms with van der Waals surface area (Å²) in [6.07, 6.45) is 5.95. The van der Waals surface area contributed by atoms with Gasteiger partial charge in [0.15, 0.2) is 0 Å². The molecule has 1 aromatic carbocycles. The average molecular weight is 229 g/mol. The number of hydrogen-bond donors (Lipinski definition) is 0. The predicted octanol–water partition coefficient (Wildman–Crippen LogP) is 2.36. The van der Waals surface area contributed by atoms with Crippen LogP contribution in [0.1, 0.15) is 12.5 Å². The molecule has 0 saturated heterocycles. The lowest BCUT2D eigenvalue weighted by Crippen LogP contribution is -2.02. The van der Waals surface area contributed by atoms with Gasteiger partial charge in [0.05, 0.1) is 6.61 Å². The third-order valence-electron chi connectivity index (χ3n) is 2.29. The van der Waals surface area contributed by atoms with Gasteiger partial charge in [0, 0.05) is 0 Å². The van der Waals surface area contributed by atoms with Crippen LogP contribution in [0.5, 0.6) is 0 Å². The van der Waals surface area contributed by atoms with Crippen LogP contribution >= 0.6 is 0 Å². The maximum atomic E-state index is 5.53. The first kappa shape index (κ1) is 11.4. The fourth-order valence-corrected chi connectivity index (χ4v) is 1.51. The van der Waals surface area contributed by atoms with Crippen LogP contribution in [0.4, 0.5) is 0 Å². The minimum atomic E-state index is 0.612. The summed E-state index contributed by atoms with van der Waals surface area (Å²) in [6, 6.07) is 10.2. The van der Waals surface area contributed by atoms with Gasteiger partial charge in [-0.25, -0.2) is 4.98 Å². The van der Waals surface area contributed by atoms with Gasteiger partial charge in [-0.05, 0) is 25.0 Å². The largest absolute Gasteiger partial charge is 0.478 e. The van der Waals surface area contributed by atoms with Gasteiger partial charge in [-0.2, -0.15) is 9.78 Å². The van der Waals surface area contributed by atoms with Crippen LogP contribution in [0.25, 0.3) is 5.88 Å². The molecule has 0 atom stereocenters. The Morgan fingerprint density at radius 2 is 2.18 bits per heavy atom. The average Bonchev–Trinajstić information content (AvgIpc) is 2.89. The topological polar surface area (TPSA) is 39.9 Å². The van der Waals surface area contributed by atoms with Crippen LogP contribution < -0.4 is 0 Å². The minimum Gasteiger partial charge on any atom is -0.478 e. The van der Waals surface area contributed by atoms with Crippen molar-refractivity contribution in [3.63, 3.8) is 0 Å². The van der Waals surface area contributed by atoms with Crippen LogP contribution in [-0.4, -0.2) is 21.4 Å². The monoisotopic (exact) mass is 229 g/mol. The molecule has 0 N–H and O–H groups in total. The molecule has 0 fully saturated rings. The molecule has 0 aliphatic rings. The van der Waals surface area contributed by atoms with Crippen LogP contribution in [0, 0.1) is 0 Å². The Kier molecular flexibility index (Phi) is 3.91. The van der Waals surface area contributed by atoms with Crippen molar-refractivity contribution in [2.45, 2.75) is 13.3 Å². The number of hydrogen-bond acceptors (Lipinski definition) is 3. The maximum absolute atomic E-state index is 5.53. The van der Waals surface area contributed by atoms with E-state index in [1.807, 2.05) is 31.2 Å². The maximum Gasteiger partial charge on any atom is 0.212 e. The van der Waals surface area contributed by atoms with Crippen LogP contribution in [-0.2, 0) is 11.2 Å². The van der Waals surface area contributed by atoms with Crippen LogP contribution in [0.3, 0.4) is 0 Å². The quantitative estimate of drug-likeness (QED) is 0.739. The Morgan fingerprint density at radius 3 is 2.82 bits per heavy atom. The van der Waals surface area contributed by atoms with Gasteiger partial charge in [0.1, 0.15) is 12.7 Å². The van der Waals surface area contributed by atoms with Crippen LogP contribution in [0.15, 0.2) is 49.1 Å². The zero-order valence-corrected chi connectivity index (χ0v) is 9.78. The summed E-state index contributed by atoms with van der Waals surface area (Å²) in [5.41, 5.74) is 1.24. The molecule has 0 radical (unpaired) electrons. The van der Waals surface area contributed by atoms with Crippen LogP contribution in [0.2, 0.25) is 0 Å². The zero-order valence-electron chi connectivity index (χ0n) is 9.78. The lowest BCUT2D eigenvalue weighted by atomic mass is 10.1. The smallest absolute Gasteiger partial charge is 0.212 e. The van der Waals surface area contributed by atoms with E-state index in [4.69, 9.17) is 4.74 Å². The number of aromatic nitrogens is 3. The molecule has 1 heterocycles. The van der Waals surface area contributed by atoms with Crippen molar-refractivity contribution in [3.05, 3.63) is 54.6 Å². The Bertz CT molecular complexity index is 463. The van der Waals surface area contributed by atoms with Gasteiger partial charge in [-0.1, -0.05) is 30.3 Å². The molecule has 0 saturated carbocycles. The molecule has 17 heavy (non-hydrogen) atoms. The Labute approximate surface area is 101 Å². The lowest BCUT2D eigenvalue weighted by molar-refractivity contribution is 0.271. The SMILES string of the molecule is CCO/C(=C\Cc1ccccc1)n1cncn1. The van der Waals surface area contributed by atoms with Crippen molar-refractivity contribution >= 4 is 5.88 Å². The molecule has 0 bridgehead atoms. The molecule has 1 aromatic heterocycles. The Balaban J connectivity index is 2.11. The van der Waals surface area contributed by atoms with E-state index in [2.05, 4.69) is 22.2 Å². The molecule has 2 rings (SSSR count). The van der Waals surface area contributed by atoms with E-state index in [1.54, 1.807) is 11.0 Å². The standard InChI is InChI=1S/C13H15N3O/c1-2-17-13(16-11-14-10-15-16)9-8-12-6-4-3-5-7-12/h3-7,9-11H,2,8H2,1H3/b13-9-. The second-order valence-electron chi connectivity index (χ2n) is 3.51. The summed E-state index contributed by atoms with van der Waals surface area (Å²) >= 11 is 0. The van der Waals surface area contributed by atoms with Gasteiger partial charge in [0.2, 0.25) is 5.88 Å². The van der Waals surface area contributed by atoms with Gasteiger partial charge in [-0.15, -0.1) is 0 Å². The van der Waals surface area contributed by atoms with Crippen molar-refractivity contribution < 1.29 is 4.74 Å². The summed E-state index contributed by atoms with van der Waals surface area (Å²) < 4.78 is 7.16. The molecular weight excluding hydrogens is 214 g/mol. The summed E-state index contributed by atoms with van der Waals surface area (Å²) in [4.78, 5) is 3.91. The highest BCUT2D eigenvalue weighted by molar-refractivity contribution is 5.36. The Hall–Kier alpha value is -2.10. The molecule has 88 valence electrons. The first-order chi connectivity index (χ1) is 8.40. The number of nitrogens with zero attached hydrogens (tertiary/aromatic N) is 3. The highest BCUT2D eigenvalue weighted by Gasteiger charge is 2.01. The third-order valence-corrected chi connectivity index (χ3v) is 2.29. The van der Waals surface area contributed by atoms with Gasteiger partial charge in [-0.3, -0.25) is 0 Å². The van der Waals surface area contributed by atoms with E-state index in [9.17, 15) is 0 Å². The number of allylic oxidation sites excluding steroid dienone is 1. The van der Waals surface area contributed by atoms with Crippen molar-refractivity contribution in [2.75, 3.05) is 6.61 Å². The van der Waals surface area contributed by atoms with E-state index < -0.39 is 0 Å². The van der Waals surface area contributed by atoms with E-state index in [1.165, 1.54) is 11.9 Å². The number of rotatable bonds is 5. The summed E-state index contributed by atoms with van der Waals surface area (Å²) in [5, 5.41) is 4.06. The molecular formula is C13H15N3O. The fraction of sp³-hybridized carbons (Fsp3) is 0.231.